The summed E-state index contributed by atoms with van der Waals surface area (Å²) in [5.41, 5.74) is 1.31. The van der Waals surface area contributed by atoms with E-state index in [0.717, 1.165) is 19.5 Å². The molecule has 1 aromatic carbocycles. The van der Waals surface area contributed by atoms with Gasteiger partial charge < -0.3 is 14.9 Å². The van der Waals surface area contributed by atoms with Gasteiger partial charge in [0.05, 0.1) is 12.3 Å². The predicted octanol–water partition coefficient (Wildman–Crippen LogP) is 2.24. The molecule has 3 rings (SSSR count). The Morgan fingerprint density at radius 3 is 2.95 bits per heavy atom. The van der Waals surface area contributed by atoms with Gasteiger partial charge in [-0.1, -0.05) is 12.1 Å². The molecule has 0 radical (unpaired) electrons. The number of rotatable bonds is 2. The Morgan fingerprint density at radius 1 is 1.30 bits per heavy atom. The third-order valence-electron chi connectivity index (χ3n) is 4.90. The first-order chi connectivity index (χ1) is 9.70. The number of benzene rings is 1. The number of aliphatic hydroxyl groups is 1. The third-order valence-corrected chi connectivity index (χ3v) is 4.90. The second-order valence-corrected chi connectivity index (χ2v) is 6.09. The topological polar surface area (TPSA) is 26.7 Å². The summed E-state index contributed by atoms with van der Waals surface area (Å²) < 4.78 is 14.2. The largest absolute Gasteiger partial charge is 0.392 e. The van der Waals surface area contributed by atoms with Crippen molar-refractivity contribution >= 4 is 5.69 Å². The van der Waals surface area contributed by atoms with Gasteiger partial charge in [0.1, 0.15) is 5.82 Å². The molecule has 0 spiro atoms. The van der Waals surface area contributed by atoms with Gasteiger partial charge >= 0.3 is 0 Å². The van der Waals surface area contributed by atoms with Gasteiger partial charge in [-0.25, -0.2) is 4.39 Å². The first-order valence-corrected chi connectivity index (χ1v) is 7.54. The van der Waals surface area contributed by atoms with Crippen LogP contribution in [0.2, 0.25) is 0 Å². The molecule has 2 unspecified atom stereocenters. The molecule has 0 saturated carbocycles. The molecule has 3 nitrogen and oxygen atoms in total. The molecule has 20 heavy (non-hydrogen) atoms. The van der Waals surface area contributed by atoms with Gasteiger partial charge in [-0.2, -0.15) is 0 Å². The summed E-state index contributed by atoms with van der Waals surface area (Å²) in [5, 5.41) is 9.45. The first-order valence-electron chi connectivity index (χ1n) is 7.54. The lowest BCUT2D eigenvalue weighted by Crippen LogP contribution is -2.53. The van der Waals surface area contributed by atoms with Gasteiger partial charge in [0, 0.05) is 24.7 Å². The Hall–Kier alpha value is -1.13. The minimum atomic E-state index is -0.209. The van der Waals surface area contributed by atoms with Crippen molar-refractivity contribution in [3.05, 3.63) is 29.6 Å². The lowest BCUT2D eigenvalue weighted by molar-refractivity contribution is 0.102. The number of nitrogens with zero attached hydrogens (tertiary/aromatic N) is 2. The van der Waals surface area contributed by atoms with Crippen LogP contribution in [0.5, 0.6) is 0 Å². The average molecular weight is 278 g/mol. The fourth-order valence-corrected chi connectivity index (χ4v) is 3.90. The maximum absolute atomic E-state index is 14.2. The molecule has 1 N–H and O–H groups in total. The van der Waals surface area contributed by atoms with Crippen LogP contribution in [-0.4, -0.2) is 42.7 Å². The normalized spacial score (nSPS) is 27.4. The molecule has 2 aliphatic heterocycles. The summed E-state index contributed by atoms with van der Waals surface area (Å²) in [6.07, 6.45) is 3.55. The van der Waals surface area contributed by atoms with Crippen molar-refractivity contribution in [3.8, 4) is 0 Å². The maximum Gasteiger partial charge on any atom is 0.146 e. The van der Waals surface area contributed by atoms with Crippen molar-refractivity contribution in [1.82, 2.24) is 4.90 Å². The Balaban J connectivity index is 1.83. The number of para-hydroxylation sites is 1. The highest BCUT2D eigenvalue weighted by Gasteiger charge is 2.35. The molecular weight excluding hydrogens is 255 g/mol. The SMILES string of the molecule is CN1CCCC2CN(c3c(F)cccc3CO)CCC21. The Morgan fingerprint density at radius 2 is 2.15 bits per heavy atom. The van der Waals surface area contributed by atoms with Crippen LogP contribution in [0.3, 0.4) is 0 Å². The lowest BCUT2D eigenvalue weighted by atomic mass is 9.84. The van der Waals surface area contributed by atoms with Crippen LogP contribution < -0.4 is 4.90 Å². The third kappa shape index (κ3) is 2.42. The molecule has 0 amide bonds. The molecule has 1 aromatic rings. The number of anilines is 1. The quantitative estimate of drug-likeness (QED) is 0.899. The summed E-state index contributed by atoms with van der Waals surface area (Å²) in [6, 6.07) is 5.63. The van der Waals surface area contributed by atoms with Crippen LogP contribution >= 0.6 is 0 Å². The van der Waals surface area contributed by atoms with Gasteiger partial charge in [0.2, 0.25) is 0 Å². The molecule has 110 valence electrons. The summed E-state index contributed by atoms with van der Waals surface area (Å²) in [7, 11) is 2.20. The van der Waals surface area contributed by atoms with E-state index in [1.165, 1.54) is 25.5 Å². The Bertz CT molecular complexity index is 480. The molecule has 2 heterocycles. The summed E-state index contributed by atoms with van der Waals surface area (Å²) in [5.74, 6) is 0.410. The predicted molar refractivity (Wildman–Crippen MR) is 78.3 cm³/mol. The van der Waals surface area contributed by atoms with Crippen molar-refractivity contribution in [2.75, 3.05) is 31.6 Å². The van der Waals surface area contributed by atoms with E-state index < -0.39 is 0 Å². The molecule has 2 fully saturated rings. The second-order valence-electron chi connectivity index (χ2n) is 6.09. The van der Waals surface area contributed by atoms with Crippen molar-refractivity contribution in [2.24, 2.45) is 5.92 Å². The molecule has 4 heteroatoms. The van der Waals surface area contributed by atoms with E-state index in [1.807, 2.05) is 6.07 Å². The van der Waals surface area contributed by atoms with E-state index in [-0.39, 0.29) is 12.4 Å². The lowest BCUT2D eigenvalue weighted by Gasteiger charge is -2.47. The van der Waals surface area contributed by atoms with Crippen molar-refractivity contribution in [2.45, 2.75) is 31.9 Å². The maximum atomic E-state index is 14.2. The average Bonchev–Trinajstić information content (AvgIpc) is 2.47. The second kappa shape index (κ2) is 5.70. The fourth-order valence-electron chi connectivity index (χ4n) is 3.90. The zero-order valence-electron chi connectivity index (χ0n) is 12.1. The van der Waals surface area contributed by atoms with Gasteiger partial charge in [0.15, 0.2) is 0 Å². The van der Waals surface area contributed by atoms with Crippen LogP contribution in [0.1, 0.15) is 24.8 Å². The zero-order valence-corrected chi connectivity index (χ0v) is 12.1. The number of fused-ring (bicyclic) bond motifs is 1. The van der Waals surface area contributed by atoms with E-state index in [0.29, 0.717) is 23.2 Å². The molecule has 0 bridgehead atoms. The number of piperidine rings is 2. The van der Waals surface area contributed by atoms with E-state index in [1.54, 1.807) is 6.07 Å². The zero-order chi connectivity index (χ0) is 14.1. The minimum Gasteiger partial charge on any atom is -0.392 e. The van der Waals surface area contributed by atoms with E-state index in [2.05, 4.69) is 16.8 Å². The van der Waals surface area contributed by atoms with Crippen LogP contribution in [-0.2, 0) is 6.61 Å². The van der Waals surface area contributed by atoms with Crippen LogP contribution in [0.25, 0.3) is 0 Å². The molecule has 2 aliphatic rings. The number of hydrogen-bond acceptors (Lipinski definition) is 3. The highest BCUT2D eigenvalue weighted by atomic mass is 19.1. The standard InChI is InChI=1S/C16H23FN2O/c1-18-8-3-5-12-10-19(9-7-15(12)18)16-13(11-20)4-2-6-14(16)17/h2,4,6,12,15,20H,3,5,7-11H2,1H3. The molecule has 2 saturated heterocycles. The molecular formula is C16H23FN2O. The monoisotopic (exact) mass is 278 g/mol. The summed E-state index contributed by atoms with van der Waals surface area (Å²) in [6.45, 7) is 2.86. The molecule has 2 atom stereocenters. The molecule has 0 aromatic heterocycles. The number of likely N-dealkylation sites (tertiary alicyclic amines) is 1. The molecule has 0 aliphatic carbocycles. The van der Waals surface area contributed by atoms with Gasteiger partial charge in [-0.05, 0) is 44.8 Å². The number of aliphatic hydroxyl groups excluding tert-OH is 1. The highest BCUT2D eigenvalue weighted by molar-refractivity contribution is 5.55. The fraction of sp³-hybridized carbons (Fsp3) is 0.625. The van der Waals surface area contributed by atoms with Crippen LogP contribution in [0, 0.1) is 11.7 Å². The van der Waals surface area contributed by atoms with Crippen LogP contribution in [0.4, 0.5) is 10.1 Å². The first kappa shape index (κ1) is 13.8. The minimum absolute atomic E-state index is 0.0996. The van der Waals surface area contributed by atoms with E-state index >= 15 is 0 Å². The Kier molecular flexibility index (Phi) is 3.94. The van der Waals surface area contributed by atoms with Gasteiger partial charge in [-0.15, -0.1) is 0 Å². The smallest absolute Gasteiger partial charge is 0.146 e. The van der Waals surface area contributed by atoms with Crippen molar-refractivity contribution < 1.29 is 9.50 Å². The summed E-state index contributed by atoms with van der Waals surface area (Å²) >= 11 is 0. The van der Waals surface area contributed by atoms with E-state index in [4.69, 9.17) is 0 Å². The van der Waals surface area contributed by atoms with Crippen molar-refractivity contribution in [3.63, 3.8) is 0 Å². The van der Waals surface area contributed by atoms with E-state index in [9.17, 15) is 9.50 Å². The van der Waals surface area contributed by atoms with Crippen LogP contribution in [0.15, 0.2) is 18.2 Å². The van der Waals surface area contributed by atoms with Gasteiger partial charge in [-0.3, -0.25) is 0 Å². The Labute approximate surface area is 120 Å². The van der Waals surface area contributed by atoms with Gasteiger partial charge in [0.25, 0.3) is 0 Å². The highest BCUT2D eigenvalue weighted by Crippen LogP contribution is 2.34. The number of halogens is 1. The summed E-state index contributed by atoms with van der Waals surface area (Å²) in [4.78, 5) is 4.60. The number of hydrogen-bond donors (Lipinski definition) is 1. The van der Waals surface area contributed by atoms with Crippen molar-refractivity contribution in [1.29, 1.82) is 0 Å².